The number of rotatable bonds is 7. The third-order valence-electron chi connectivity index (χ3n) is 3.54. The zero-order valence-corrected chi connectivity index (χ0v) is 17.1. The van der Waals surface area contributed by atoms with E-state index < -0.39 is 11.9 Å². The monoisotopic (exact) mass is 458 g/mol. The second-order valence-electron chi connectivity index (χ2n) is 5.41. The van der Waals surface area contributed by atoms with Crippen LogP contribution in [0.5, 0.6) is 0 Å². The van der Waals surface area contributed by atoms with E-state index in [1.165, 1.54) is 18.2 Å². The van der Waals surface area contributed by atoms with E-state index in [2.05, 4.69) is 26.6 Å². The summed E-state index contributed by atoms with van der Waals surface area (Å²) in [5.74, 6) is -0.609. The molecule has 0 heterocycles. The van der Waals surface area contributed by atoms with Gasteiger partial charge in [0.15, 0.2) is 0 Å². The Bertz CT molecular complexity index is 807. The summed E-state index contributed by atoms with van der Waals surface area (Å²) in [5.41, 5.74) is 0.810. The molecule has 0 aliphatic rings. The van der Waals surface area contributed by atoms with Crippen molar-refractivity contribution in [1.29, 1.82) is 0 Å². The molecular weight excluding hydrogens is 443 g/mol. The van der Waals surface area contributed by atoms with Crippen LogP contribution in [0.15, 0.2) is 46.9 Å². The van der Waals surface area contributed by atoms with Crippen molar-refractivity contribution in [3.63, 3.8) is 0 Å². The maximum absolute atomic E-state index is 13.2. The minimum Gasteiger partial charge on any atom is -0.340 e. The van der Waals surface area contributed by atoms with Crippen molar-refractivity contribution < 1.29 is 14.0 Å². The van der Waals surface area contributed by atoms with Gasteiger partial charge in [-0.2, -0.15) is 11.8 Å². The fraction of sp³-hybridized carbons (Fsp3) is 0.222. The molecule has 0 spiro atoms. The Hall–Kier alpha value is -1.57. The Kier molecular flexibility index (Phi) is 7.93. The highest BCUT2D eigenvalue weighted by atomic mass is 79.9. The molecule has 4 nitrogen and oxygen atoms in total. The minimum atomic E-state index is -0.731. The Morgan fingerprint density at radius 3 is 2.65 bits per heavy atom. The summed E-state index contributed by atoms with van der Waals surface area (Å²) < 4.78 is 13.9. The number of anilines is 1. The molecule has 2 N–H and O–H groups in total. The van der Waals surface area contributed by atoms with Crippen LogP contribution in [0.3, 0.4) is 0 Å². The molecule has 2 rings (SSSR count). The summed E-state index contributed by atoms with van der Waals surface area (Å²) in [6, 6.07) is 10.2. The van der Waals surface area contributed by atoms with Gasteiger partial charge in [0, 0.05) is 10.2 Å². The van der Waals surface area contributed by atoms with Crippen molar-refractivity contribution in [3.8, 4) is 0 Å². The first-order valence-corrected chi connectivity index (χ1v) is 10.3. The fourth-order valence-corrected chi connectivity index (χ4v) is 3.31. The first-order chi connectivity index (χ1) is 12.4. The summed E-state index contributed by atoms with van der Waals surface area (Å²) in [4.78, 5) is 25.1. The Labute approximate surface area is 169 Å². The SMILES string of the molecule is CSCCC(NC(=O)c1ccccc1Br)C(=O)Nc1ccc(F)c(Cl)c1. The molecule has 1 atom stereocenters. The van der Waals surface area contributed by atoms with Gasteiger partial charge in [-0.1, -0.05) is 23.7 Å². The summed E-state index contributed by atoms with van der Waals surface area (Å²) in [6.45, 7) is 0. The molecule has 0 saturated heterocycles. The van der Waals surface area contributed by atoms with E-state index in [4.69, 9.17) is 11.6 Å². The van der Waals surface area contributed by atoms with Crippen LogP contribution in [0.25, 0.3) is 0 Å². The van der Waals surface area contributed by atoms with Crippen LogP contribution in [-0.2, 0) is 4.79 Å². The summed E-state index contributed by atoms with van der Waals surface area (Å²) in [6.07, 6.45) is 2.38. The molecule has 26 heavy (non-hydrogen) atoms. The Morgan fingerprint density at radius 1 is 1.27 bits per heavy atom. The molecule has 0 bridgehead atoms. The molecule has 0 aromatic heterocycles. The highest BCUT2D eigenvalue weighted by Gasteiger charge is 2.22. The number of thioether (sulfide) groups is 1. The predicted octanol–water partition coefficient (Wildman–Crippen LogP) is 4.73. The number of nitrogens with one attached hydrogen (secondary N) is 2. The van der Waals surface area contributed by atoms with E-state index in [9.17, 15) is 14.0 Å². The quantitative estimate of drug-likeness (QED) is 0.629. The first-order valence-electron chi connectivity index (χ1n) is 7.72. The number of hydrogen-bond donors (Lipinski definition) is 2. The molecule has 0 aliphatic heterocycles. The van der Waals surface area contributed by atoms with E-state index in [0.717, 1.165) is 0 Å². The molecular formula is C18H17BrClFN2O2S. The zero-order valence-electron chi connectivity index (χ0n) is 13.9. The van der Waals surface area contributed by atoms with Gasteiger partial charge in [-0.05, 0) is 64.7 Å². The zero-order chi connectivity index (χ0) is 19.1. The summed E-state index contributed by atoms with van der Waals surface area (Å²) >= 11 is 10.6. The van der Waals surface area contributed by atoms with E-state index in [1.807, 2.05) is 6.26 Å². The molecule has 0 aliphatic carbocycles. The van der Waals surface area contributed by atoms with Crippen LogP contribution in [0.2, 0.25) is 5.02 Å². The number of amides is 2. The largest absolute Gasteiger partial charge is 0.340 e. The van der Waals surface area contributed by atoms with Gasteiger partial charge in [-0.3, -0.25) is 9.59 Å². The molecule has 2 aromatic rings. The summed E-state index contributed by atoms with van der Waals surface area (Å²) in [5, 5.41) is 5.34. The average Bonchev–Trinajstić information content (AvgIpc) is 2.61. The van der Waals surface area contributed by atoms with Gasteiger partial charge >= 0.3 is 0 Å². The number of hydrogen-bond acceptors (Lipinski definition) is 3. The standard InChI is InChI=1S/C18H17BrClFN2O2S/c1-26-9-8-16(23-17(24)12-4-2-3-5-13(12)19)18(25)22-11-6-7-15(21)14(20)10-11/h2-7,10,16H,8-9H2,1H3,(H,22,25)(H,23,24). The molecule has 2 aromatic carbocycles. The predicted molar refractivity (Wildman–Crippen MR) is 108 cm³/mol. The van der Waals surface area contributed by atoms with Crippen LogP contribution in [-0.4, -0.2) is 29.9 Å². The molecule has 0 saturated carbocycles. The van der Waals surface area contributed by atoms with Crippen molar-refractivity contribution in [1.82, 2.24) is 5.32 Å². The van der Waals surface area contributed by atoms with Crippen LogP contribution < -0.4 is 10.6 Å². The number of halogens is 3. The van der Waals surface area contributed by atoms with Crippen LogP contribution >= 0.6 is 39.3 Å². The molecule has 0 radical (unpaired) electrons. The van der Waals surface area contributed by atoms with Crippen molar-refractivity contribution in [3.05, 3.63) is 63.3 Å². The van der Waals surface area contributed by atoms with Gasteiger partial charge in [-0.25, -0.2) is 4.39 Å². The third kappa shape index (κ3) is 5.72. The van der Waals surface area contributed by atoms with Gasteiger partial charge in [-0.15, -0.1) is 0 Å². The molecule has 2 amide bonds. The van der Waals surface area contributed by atoms with E-state index >= 15 is 0 Å². The lowest BCUT2D eigenvalue weighted by Gasteiger charge is -2.19. The maximum atomic E-state index is 13.2. The Morgan fingerprint density at radius 2 is 2.00 bits per heavy atom. The van der Waals surface area contributed by atoms with E-state index in [1.54, 1.807) is 36.0 Å². The number of carbonyl (C=O) groups excluding carboxylic acids is 2. The lowest BCUT2D eigenvalue weighted by Crippen LogP contribution is -2.44. The second kappa shape index (κ2) is 9.94. The van der Waals surface area contributed by atoms with Gasteiger partial charge in [0.1, 0.15) is 11.9 Å². The van der Waals surface area contributed by atoms with Crippen molar-refractivity contribution in [2.24, 2.45) is 0 Å². The van der Waals surface area contributed by atoms with Gasteiger partial charge in [0.05, 0.1) is 10.6 Å². The van der Waals surface area contributed by atoms with Crippen molar-refractivity contribution >= 4 is 56.8 Å². The number of carbonyl (C=O) groups is 2. The van der Waals surface area contributed by atoms with Gasteiger partial charge in [0.2, 0.25) is 5.91 Å². The lowest BCUT2D eigenvalue weighted by molar-refractivity contribution is -0.118. The van der Waals surface area contributed by atoms with Gasteiger partial charge in [0.25, 0.3) is 5.91 Å². The van der Waals surface area contributed by atoms with Gasteiger partial charge < -0.3 is 10.6 Å². The molecule has 0 fully saturated rings. The Balaban J connectivity index is 2.12. The minimum absolute atomic E-state index is 0.0827. The van der Waals surface area contributed by atoms with Crippen LogP contribution in [0.1, 0.15) is 16.8 Å². The smallest absolute Gasteiger partial charge is 0.253 e. The molecule has 1 unspecified atom stereocenters. The van der Waals surface area contributed by atoms with E-state index in [-0.39, 0.29) is 16.8 Å². The molecule has 8 heteroatoms. The third-order valence-corrected chi connectivity index (χ3v) is 5.16. The van der Waals surface area contributed by atoms with Crippen LogP contribution in [0.4, 0.5) is 10.1 Å². The average molecular weight is 460 g/mol. The summed E-state index contributed by atoms with van der Waals surface area (Å²) in [7, 11) is 0. The van der Waals surface area contributed by atoms with Crippen LogP contribution in [0, 0.1) is 5.82 Å². The fourth-order valence-electron chi connectivity index (χ4n) is 2.19. The van der Waals surface area contributed by atoms with Crippen molar-refractivity contribution in [2.45, 2.75) is 12.5 Å². The first kappa shape index (κ1) is 20.7. The second-order valence-corrected chi connectivity index (χ2v) is 7.65. The topological polar surface area (TPSA) is 58.2 Å². The molecule has 138 valence electrons. The highest BCUT2D eigenvalue weighted by molar-refractivity contribution is 9.10. The maximum Gasteiger partial charge on any atom is 0.253 e. The van der Waals surface area contributed by atoms with Crippen molar-refractivity contribution in [2.75, 3.05) is 17.3 Å². The normalized spacial score (nSPS) is 11.7. The van der Waals surface area contributed by atoms with E-state index in [0.29, 0.717) is 27.9 Å². The lowest BCUT2D eigenvalue weighted by atomic mass is 10.1. The highest BCUT2D eigenvalue weighted by Crippen LogP contribution is 2.20. The number of benzene rings is 2.